The van der Waals surface area contributed by atoms with Crippen molar-refractivity contribution in [2.45, 2.75) is 51.4 Å². The number of nitrogens with zero attached hydrogens (tertiary/aromatic N) is 2. The number of hydrogen-bond acceptors (Lipinski definition) is 3. The van der Waals surface area contributed by atoms with E-state index >= 15 is 0 Å². The second-order valence-electron chi connectivity index (χ2n) is 4.66. The maximum absolute atomic E-state index is 9.25. The van der Waals surface area contributed by atoms with Crippen LogP contribution in [0.15, 0.2) is 0 Å². The van der Waals surface area contributed by atoms with Crippen molar-refractivity contribution in [2.24, 2.45) is 0 Å². The number of rotatable bonds is 2. The van der Waals surface area contributed by atoms with Crippen LogP contribution < -0.4 is 0 Å². The van der Waals surface area contributed by atoms with Crippen molar-refractivity contribution in [3.05, 3.63) is 15.6 Å². The molecular weight excluding hydrogens is 204 g/mol. The predicted molar refractivity (Wildman–Crippen MR) is 62.1 cm³/mol. The Hall–Kier alpha value is -0.880. The van der Waals surface area contributed by atoms with Gasteiger partial charge in [0.05, 0.1) is 11.8 Å². The lowest BCUT2D eigenvalue weighted by molar-refractivity contribution is 0.322. The van der Waals surface area contributed by atoms with Crippen LogP contribution >= 0.6 is 11.3 Å². The molecule has 0 saturated heterocycles. The predicted octanol–water partition coefficient (Wildman–Crippen LogP) is 3.52. The van der Waals surface area contributed by atoms with Gasteiger partial charge < -0.3 is 0 Å². The summed E-state index contributed by atoms with van der Waals surface area (Å²) < 4.78 is 0. The van der Waals surface area contributed by atoms with Crippen LogP contribution in [0.5, 0.6) is 0 Å². The topological polar surface area (TPSA) is 36.7 Å². The van der Waals surface area contributed by atoms with Gasteiger partial charge in [-0.15, -0.1) is 11.3 Å². The summed E-state index contributed by atoms with van der Waals surface area (Å²) >= 11 is 1.72. The molecule has 0 aliphatic heterocycles. The van der Waals surface area contributed by atoms with Crippen molar-refractivity contribution in [3.8, 4) is 6.07 Å². The third kappa shape index (κ3) is 1.57. The third-order valence-electron chi connectivity index (χ3n) is 3.21. The van der Waals surface area contributed by atoms with Crippen LogP contribution in [0, 0.1) is 18.3 Å². The lowest BCUT2D eigenvalue weighted by Gasteiger charge is -2.32. The van der Waals surface area contributed by atoms with Crippen molar-refractivity contribution in [1.82, 2.24) is 4.98 Å². The lowest BCUT2D eigenvalue weighted by atomic mass is 9.70. The highest BCUT2D eigenvalue weighted by molar-refractivity contribution is 7.11. The number of aryl methyl sites for hydroxylation is 1. The summed E-state index contributed by atoms with van der Waals surface area (Å²) in [6, 6.07) is 2.46. The fourth-order valence-electron chi connectivity index (χ4n) is 2.05. The zero-order valence-corrected chi connectivity index (χ0v) is 10.3. The van der Waals surface area contributed by atoms with Crippen molar-refractivity contribution in [1.29, 1.82) is 5.26 Å². The van der Waals surface area contributed by atoms with Crippen LogP contribution in [0.4, 0.5) is 0 Å². The quantitative estimate of drug-likeness (QED) is 0.764. The fourth-order valence-corrected chi connectivity index (χ4v) is 3.32. The van der Waals surface area contributed by atoms with Gasteiger partial charge in [0.2, 0.25) is 0 Å². The first-order chi connectivity index (χ1) is 7.09. The molecule has 80 valence electrons. The van der Waals surface area contributed by atoms with Gasteiger partial charge in [0, 0.05) is 4.88 Å². The van der Waals surface area contributed by atoms with Gasteiger partial charge in [-0.2, -0.15) is 5.26 Å². The van der Waals surface area contributed by atoms with Crippen LogP contribution in [0.25, 0.3) is 0 Å². The van der Waals surface area contributed by atoms with E-state index in [1.165, 1.54) is 17.0 Å². The molecule has 1 fully saturated rings. The molecule has 1 saturated carbocycles. The second kappa shape index (κ2) is 3.61. The van der Waals surface area contributed by atoms with Gasteiger partial charge in [-0.05, 0) is 32.1 Å². The molecule has 0 spiro atoms. The number of aromatic nitrogens is 1. The Morgan fingerprint density at radius 2 is 2.13 bits per heavy atom. The molecule has 1 aromatic rings. The summed E-state index contributed by atoms with van der Waals surface area (Å²) in [6.45, 7) is 6.43. The number of thiazole rings is 1. The largest absolute Gasteiger partial charge is 0.244 e. The van der Waals surface area contributed by atoms with E-state index in [1.807, 2.05) is 0 Å². The third-order valence-corrected chi connectivity index (χ3v) is 4.40. The molecule has 1 aliphatic carbocycles. The maximum Gasteiger partial charge on any atom is 0.113 e. The molecular formula is C12H16N2S. The standard InChI is InChI=1S/C12H16N2S/c1-8(2)10-9(3)15-11(14-10)12(7-13)5-4-6-12/h8H,4-6H2,1-3H3. The number of nitriles is 1. The van der Waals surface area contributed by atoms with Crippen LogP contribution in [-0.2, 0) is 5.41 Å². The minimum atomic E-state index is -0.234. The molecule has 0 atom stereocenters. The van der Waals surface area contributed by atoms with Crippen molar-refractivity contribution in [3.63, 3.8) is 0 Å². The monoisotopic (exact) mass is 220 g/mol. The zero-order valence-electron chi connectivity index (χ0n) is 9.50. The summed E-state index contributed by atoms with van der Waals surface area (Å²) in [7, 11) is 0. The van der Waals surface area contributed by atoms with Gasteiger partial charge in [-0.1, -0.05) is 13.8 Å². The zero-order chi connectivity index (χ0) is 11.1. The van der Waals surface area contributed by atoms with Gasteiger partial charge in [0.15, 0.2) is 0 Å². The van der Waals surface area contributed by atoms with Crippen LogP contribution in [0.3, 0.4) is 0 Å². The molecule has 0 radical (unpaired) electrons. The Morgan fingerprint density at radius 3 is 2.47 bits per heavy atom. The molecule has 15 heavy (non-hydrogen) atoms. The lowest BCUT2D eigenvalue weighted by Crippen LogP contribution is -2.32. The van der Waals surface area contributed by atoms with Crippen LogP contribution in [-0.4, -0.2) is 4.98 Å². The minimum Gasteiger partial charge on any atom is -0.244 e. The molecule has 3 heteroatoms. The van der Waals surface area contributed by atoms with Gasteiger partial charge in [-0.3, -0.25) is 0 Å². The molecule has 1 heterocycles. The van der Waals surface area contributed by atoms with E-state index in [0.717, 1.165) is 17.8 Å². The molecule has 0 bridgehead atoms. The summed E-state index contributed by atoms with van der Waals surface area (Å²) in [5, 5.41) is 10.3. The van der Waals surface area contributed by atoms with E-state index in [0.29, 0.717) is 5.92 Å². The Balaban J connectivity index is 2.38. The molecule has 1 aromatic heterocycles. The number of hydrogen-bond donors (Lipinski definition) is 0. The van der Waals surface area contributed by atoms with Gasteiger partial charge in [0.25, 0.3) is 0 Å². The van der Waals surface area contributed by atoms with E-state index in [9.17, 15) is 5.26 Å². The molecule has 2 rings (SSSR count). The normalized spacial score (nSPS) is 18.6. The van der Waals surface area contributed by atoms with Crippen molar-refractivity contribution >= 4 is 11.3 Å². The highest BCUT2D eigenvalue weighted by atomic mass is 32.1. The second-order valence-corrected chi connectivity index (χ2v) is 5.87. The van der Waals surface area contributed by atoms with Crippen molar-refractivity contribution in [2.75, 3.05) is 0 Å². The molecule has 1 aliphatic rings. The average Bonchev–Trinajstić information content (AvgIpc) is 2.47. The average molecular weight is 220 g/mol. The molecule has 2 nitrogen and oxygen atoms in total. The first kappa shape index (κ1) is 10.6. The van der Waals surface area contributed by atoms with Crippen LogP contribution in [0.1, 0.15) is 54.6 Å². The molecule has 0 N–H and O–H groups in total. The Bertz CT molecular complexity index is 408. The summed E-state index contributed by atoms with van der Waals surface area (Å²) in [5.74, 6) is 0.464. The van der Waals surface area contributed by atoms with E-state index in [-0.39, 0.29) is 5.41 Å². The van der Waals surface area contributed by atoms with Gasteiger partial charge in [0.1, 0.15) is 10.4 Å². The minimum absolute atomic E-state index is 0.234. The summed E-state index contributed by atoms with van der Waals surface area (Å²) in [5.41, 5.74) is 0.944. The summed E-state index contributed by atoms with van der Waals surface area (Å²) in [6.07, 6.45) is 3.16. The Kier molecular flexibility index (Phi) is 2.56. The summed E-state index contributed by atoms with van der Waals surface area (Å²) in [4.78, 5) is 5.95. The van der Waals surface area contributed by atoms with E-state index in [2.05, 4.69) is 31.8 Å². The van der Waals surface area contributed by atoms with Crippen molar-refractivity contribution < 1.29 is 0 Å². The fraction of sp³-hybridized carbons (Fsp3) is 0.667. The first-order valence-corrected chi connectivity index (χ1v) is 6.30. The highest BCUT2D eigenvalue weighted by Crippen LogP contribution is 2.45. The van der Waals surface area contributed by atoms with Gasteiger partial charge >= 0.3 is 0 Å². The van der Waals surface area contributed by atoms with Crippen LogP contribution in [0.2, 0.25) is 0 Å². The smallest absolute Gasteiger partial charge is 0.113 e. The SMILES string of the molecule is Cc1sc(C2(C#N)CCC2)nc1C(C)C. The first-order valence-electron chi connectivity index (χ1n) is 5.48. The molecule has 0 unspecified atom stereocenters. The molecule has 0 amide bonds. The van der Waals surface area contributed by atoms with E-state index < -0.39 is 0 Å². The Morgan fingerprint density at radius 1 is 1.47 bits per heavy atom. The highest BCUT2D eigenvalue weighted by Gasteiger charge is 2.42. The maximum atomic E-state index is 9.25. The van der Waals surface area contributed by atoms with Gasteiger partial charge in [-0.25, -0.2) is 4.98 Å². The van der Waals surface area contributed by atoms with E-state index in [4.69, 9.17) is 0 Å². The molecule has 0 aromatic carbocycles. The Labute approximate surface area is 95.0 Å². The van der Waals surface area contributed by atoms with E-state index in [1.54, 1.807) is 11.3 Å².